The largest absolute Gasteiger partial charge is 0.445 e. The van der Waals surface area contributed by atoms with Crippen LogP contribution >= 0.6 is 0 Å². The monoisotopic (exact) mass is 338 g/mol. The molecule has 1 aromatic carbocycles. The fourth-order valence-electron chi connectivity index (χ4n) is 1.82. The number of hydrogen-bond acceptors (Lipinski definition) is 5. The Hall–Kier alpha value is -2.12. The predicted octanol–water partition coefficient (Wildman–Crippen LogP) is 0.797. The summed E-state index contributed by atoms with van der Waals surface area (Å²) in [4.78, 5) is 23.5. The van der Waals surface area contributed by atoms with Crippen LogP contribution in [-0.2, 0) is 16.1 Å². The van der Waals surface area contributed by atoms with Gasteiger partial charge in [0.2, 0.25) is 5.91 Å². The third kappa shape index (κ3) is 6.55. The summed E-state index contributed by atoms with van der Waals surface area (Å²) < 4.78 is 5.06. The molecule has 0 saturated heterocycles. The average Bonchev–Trinajstić information content (AvgIpc) is 2.58. The van der Waals surface area contributed by atoms with Crippen molar-refractivity contribution < 1.29 is 24.5 Å². The predicted molar refractivity (Wildman–Crippen MR) is 89.1 cm³/mol. The first-order valence-corrected chi connectivity index (χ1v) is 7.80. The normalized spacial score (nSPS) is 13.7. The van der Waals surface area contributed by atoms with Crippen molar-refractivity contribution in [2.45, 2.75) is 39.5 Å². The van der Waals surface area contributed by atoms with Crippen molar-refractivity contribution in [3.63, 3.8) is 0 Å². The van der Waals surface area contributed by atoms with Gasteiger partial charge in [-0.05, 0) is 12.5 Å². The minimum Gasteiger partial charge on any atom is -0.445 e. The number of amides is 2. The first kappa shape index (κ1) is 19.9. The van der Waals surface area contributed by atoms with E-state index < -0.39 is 29.6 Å². The number of aliphatic hydroxyl groups is 2. The van der Waals surface area contributed by atoms with Crippen molar-refractivity contribution >= 4 is 12.0 Å². The van der Waals surface area contributed by atoms with Crippen LogP contribution in [0.2, 0.25) is 0 Å². The summed E-state index contributed by atoms with van der Waals surface area (Å²) in [5.41, 5.74) is -0.0605. The van der Waals surface area contributed by atoms with Gasteiger partial charge in [0, 0.05) is 18.0 Å². The lowest BCUT2D eigenvalue weighted by Gasteiger charge is -2.28. The molecule has 0 radical (unpaired) electrons. The van der Waals surface area contributed by atoms with Crippen LogP contribution in [0.1, 0.15) is 26.3 Å². The maximum absolute atomic E-state index is 11.9. The van der Waals surface area contributed by atoms with Gasteiger partial charge in [0.25, 0.3) is 0 Å². The van der Waals surface area contributed by atoms with E-state index in [1.807, 2.05) is 30.3 Å². The molecule has 24 heavy (non-hydrogen) atoms. The molecule has 0 aliphatic heterocycles. The minimum atomic E-state index is -1.34. The van der Waals surface area contributed by atoms with E-state index >= 15 is 0 Å². The van der Waals surface area contributed by atoms with Crippen molar-refractivity contribution in [2.24, 2.45) is 5.41 Å². The van der Waals surface area contributed by atoms with Gasteiger partial charge in [-0.1, -0.05) is 44.2 Å². The van der Waals surface area contributed by atoms with Gasteiger partial charge < -0.3 is 25.6 Å². The van der Waals surface area contributed by atoms with E-state index in [0.717, 1.165) is 5.56 Å². The van der Waals surface area contributed by atoms with E-state index in [1.165, 1.54) is 0 Å². The first-order valence-electron chi connectivity index (χ1n) is 7.80. The molecule has 0 saturated carbocycles. The van der Waals surface area contributed by atoms with Crippen LogP contribution in [-0.4, -0.2) is 47.5 Å². The molecule has 0 unspecified atom stereocenters. The highest BCUT2D eigenvalue weighted by molar-refractivity contribution is 5.81. The Morgan fingerprint density at radius 3 is 2.46 bits per heavy atom. The van der Waals surface area contributed by atoms with Gasteiger partial charge in [-0.15, -0.1) is 0 Å². The quantitative estimate of drug-likeness (QED) is 0.561. The number of aliphatic hydroxyl groups excluding tert-OH is 2. The molecule has 0 aliphatic carbocycles. The SMILES string of the molecule is C[C@H](CNC(=O)OCc1ccccc1)NC(=O)[C@@H](O)C(C)(C)CO. The number of carbonyl (C=O) groups is 2. The summed E-state index contributed by atoms with van der Waals surface area (Å²) in [7, 11) is 0. The highest BCUT2D eigenvalue weighted by Crippen LogP contribution is 2.19. The second-order valence-corrected chi connectivity index (χ2v) is 6.40. The van der Waals surface area contributed by atoms with Gasteiger partial charge in [-0.25, -0.2) is 4.79 Å². The van der Waals surface area contributed by atoms with Crippen LogP contribution < -0.4 is 10.6 Å². The van der Waals surface area contributed by atoms with Crippen LogP contribution in [0.25, 0.3) is 0 Å². The van der Waals surface area contributed by atoms with Crippen molar-refractivity contribution in [1.82, 2.24) is 10.6 Å². The summed E-state index contributed by atoms with van der Waals surface area (Å²) in [5, 5.41) is 24.2. The Balaban J connectivity index is 2.31. The zero-order valence-corrected chi connectivity index (χ0v) is 14.3. The molecule has 4 N–H and O–H groups in total. The van der Waals surface area contributed by atoms with Crippen LogP contribution in [0.3, 0.4) is 0 Å². The lowest BCUT2D eigenvalue weighted by molar-refractivity contribution is -0.137. The van der Waals surface area contributed by atoms with Gasteiger partial charge in [-0.3, -0.25) is 4.79 Å². The second-order valence-electron chi connectivity index (χ2n) is 6.40. The van der Waals surface area contributed by atoms with Crippen molar-refractivity contribution in [1.29, 1.82) is 0 Å². The Kier molecular flexibility index (Phi) is 7.67. The van der Waals surface area contributed by atoms with Crippen LogP contribution in [0, 0.1) is 5.41 Å². The molecule has 0 bridgehead atoms. The highest BCUT2D eigenvalue weighted by atomic mass is 16.5. The summed E-state index contributed by atoms with van der Waals surface area (Å²) in [6.07, 6.45) is -1.92. The number of benzene rings is 1. The maximum Gasteiger partial charge on any atom is 0.407 e. The molecule has 2 amide bonds. The maximum atomic E-state index is 11.9. The molecule has 7 nitrogen and oxygen atoms in total. The van der Waals surface area contributed by atoms with Crippen LogP contribution in [0.4, 0.5) is 4.79 Å². The number of ether oxygens (including phenoxy) is 1. The number of nitrogens with one attached hydrogen (secondary N) is 2. The second kappa shape index (κ2) is 9.24. The van der Waals surface area contributed by atoms with E-state index in [4.69, 9.17) is 9.84 Å². The van der Waals surface area contributed by atoms with Crippen molar-refractivity contribution in [3.8, 4) is 0 Å². The lowest BCUT2D eigenvalue weighted by Crippen LogP contribution is -2.50. The van der Waals surface area contributed by atoms with Crippen molar-refractivity contribution in [2.75, 3.05) is 13.2 Å². The average molecular weight is 338 g/mol. The van der Waals surface area contributed by atoms with Crippen molar-refractivity contribution in [3.05, 3.63) is 35.9 Å². The van der Waals surface area contributed by atoms with E-state index in [-0.39, 0.29) is 19.8 Å². The minimum absolute atomic E-state index is 0.158. The summed E-state index contributed by atoms with van der Waals surface area (Å²) in [5.74, 6) is -0.596. The molecular formula is C17H26N2O5. The van der Waals surface area contributed by atoms with Gasteiger partial charge in [0.15, 0.2) is 0 Å². The molecule has 7 heteroatoms. The number of carbonyl (C=O) groups excluding carboxylic acids is 2. The Labute approximate surface area is 142 Å². The number of hydrogen-bond donors (Lipinski definition) is 4. The Morgan fingerprint density at radius 2 is 1.88 bits per heavy atom. The molecule has 1 aromatic rings. The van der Waals surface area contributed by atoms with E-state index in [2.05, 4.69) is 10.6 Å². The standard InChI is InChI=1S/C17H26N2O5/c1-12(19-15(22)14(21)17(2,3)11-20)9-18-16(23)24-10-13-7-5-4-6-8-13/h4-8,12,14,20-21H,9-11H2,1-3H3,(H,18,23)(H,19,22)/t12-,14-/m1/s1. The van der Waals surface area contributed by atoms with Gasteiger partial charge in [-0.2, -0.15) is 0 Å². The fourth-order valence-corrected chi connectivity index (χ4v) is 1.82. The van der Waals surface area contributed by atoms with Crippen LogP contribution in [0.5, 0.6) is 0 Å². The molecule has 0 aliphatic rings. The molecule has 0 aromatic heterocycles. The topological polar surface area (TPSA) is 108 Å². The highest BCUT2D eigenvalue weighted by Gasteiger charge is 2.33. The van der Waals surface area contributed by atoms with Gasteiger partial charge >= 0.3 is 6.09 Å². The van der Waals surface area contributed by atoms with Gasteiger partial charge in [0.1, 0.15) is 12.7 Å². The number of rotatable bonds is 8. The smallest absolute Gasteiger partial charge is 0.407 e. The molecular weight excluding hydrogens is 312 g/mol. The van der Waals surface area contributed by atoms with E-state index in [1.54, 1.807) is 20.8 Å². The third-order valence-corrected chi connectivity index (χ3v) is 3.55. The van der Waals surface area contributed by atoms with E-state index in [9.17, 15) is 14.7 Å². The van der Waals surface area contributed by atoms with E-state index in [0.29, 0.717) is 0 Å². The molecule has 1 rings (SSSR count). The zero-order valence-electron chi connectivity index (χ0n) is 14.3. The summed E-state index contributed by atoms with van der Waals surface area (Å²) in [6, 6.07) is 8.88. The zero-order chi connectivity index (χ0) is 18.2. The third-order valence-electron chi connectivity index (χ3n) is 3.55. The molecule has 134 valence electrons. The fraction of sp³-hybridized carbons (Fsp3) is 0.529. The summed E-state index contributed by atoms with van der Waals surface area (Å²) in [6.45, 7) is 4.86. The number of alkyl carbamates (subject to hydrolysis) is 1. The Morgan fingerprint density at radius 1 is 1.25 bits per heavy atom. The first-order chi connectivity index (χ1) is 11.3. The lowest BCUT2D eigenvalue weighted by atomic mass is 9.87. The molecule has 0 fully saturated rings. The molecule has 2 atom stereocenters. The van der Waals surface area contributed by atoms with Crippen LogP contribution in [0.15, 0.2) is 30.3 Å². The molecule has 0 heterocycles. The van der Waals surface area contributed by atoms with Gasteiger partial charge in [0.05, 0.1) is 6.61 Å². The molecule has 0 spiro atoms. The Bertz CT molecular complexity index is 533. The summed E-state index contributed by atoms with van der Waals surface area (Å²) >= 11 is 0.